The third-order valence-electron chi connectivity index (χ3n) is 2.89. The number of carbonyl (C=O) groups excluding carboxylic acids is 1. The molecule has 0 heterocycles. The smallest absolute Gasteiger partial charge is 0.253 e. The molecule has 0 aliphatic rings. The number of methoxy groups -OCH3 is 1. The molecule has 6 heteroatoms. The van der Waals surface area contributed by atoms with E-state index in [4.69, 9.17) is 27.4 Å². The Hall–Kier alpha value is -1.66. The molecule has 0 aromatic heterocycles. The van der Waals surface area contributed by atoms with Gasteiger partial charge in [0.2, 0.25) is 0 Å². The standard InChI is InChI=1S/C15H22N2O3S/c1-3-20-13-6-4-12(5-7-13)15(18)17(10-11-19-2)9-8-14(16)21/h4-7H,3,8-11H2,1-2H3,(H2,16,21). The zero-order valence-corrected chi connectivity index (χ0v) is 13.3. The first-order valence-electron chi connectivity index (χ1n) is 6.87. The van der Waals surface area contributed by atoms with Crippen molar-refractivity contribution in [2.45, 2.75) is 13.3 Å². The average molecular weight is 310 g/mol. The number of thiocarbonyl (C=S) groups is 1. The summed E-state index contributed by atoms with van der Waals surface area (Å²) in [6, 6.07) is 7.10. The fourth-order valence-electron chi connectivity index (χ4n) is 1.80. The van der Waals surface area contributed by atoms with Gasteiger partial charge >= 0.3 is 0 Å². The lowest BCUT2D eigenvalue weighted by atomic mass is 10.2. The number of hydrogen-bond donors (Lipinski definition) is 1. The Labute approximate surface area is 131 Å². The van der Waals surface area contributed by atoms with Crippen LogP contribution in [0.15, 0.2) is 24.3 Å². The summed E-state index contributed by atoms with van der Waals surface area (Å²) >= 11 is 4.87. The summed E-state index contributed by atoms with van der Waals surface area (Å²) in [7, 11) is 1.60. The lowest BCUT2D eigenvalue weighted by molar-refractivity contribution is 0.0701. The van der Waals surface area contributed by atoms with Crippen molar-refractivity contribution >= 4 is 23.1 Å². The van der Waals surface area contributed by atoms with Crippen molar-refractivity contribution in [1.82, 2.24) is 4.90 Å². The van der Waals surface area contributed by atoms with E-state index < -0.39 is 0 Å². The second-order valence-electron chi connectivity index (χ2n) is 4.46. The molecule has 0 atom stereocenters. The van der Waals surface area contributed by atoms with Gasteiger partial charge in [-0.15, -0.1) is 0 Å². The Kier molecular flexibility index (Phi) is 7.71. The number of nitrogens with two attached hydrogens (primary N) is 1. The van der Waals surface area contributed by atoms with E-state index in [1.54, 1.807) is 36.3 Å². The van der Waals surface area contributed by atoms with E-state index >= 15 is 0 Å². The predicted octanol–water partition coefficient (Wildman–Crippen LogP) is 1.85. The van der Waals surface area contributed by atoms with E-state index in [9.17, 15) is 4.79 Å². The van der Waals surface area contributed by atoms with Crippen LogP contribution in [-0.2, 0) is 4.74 Å². The minimum atomic E-state index is -0.0636. The van der Waals surface area contributed by atoms with Crippen LogP contribution in [0.25, 0.3) is 0 Å². The van der Waals surface area contributed by atoms with Crippen molar-refractivity contribution in [3.63, 3.8) is 0 Å². The molecule has 21 heavy (non-hydrogen) atoms. The lowest BCUT2D eigenvalue weighted by Crippen LogP contribution is -2.36. The van der Waals surface area contributed by atoms with E-state index in [0.29, 0.717) is 43.3 Å². The molecule has 0 aliphatic carbocycles. The Morgan fingerprint density at radius 1 is 1.29 bits per heavy atom. The summed E-state index contributed by atoms with van der Waals surface area (Å²) < 4.78 is 10.4. The fourth-order valence-corrected chi connectivity index (χ4v) is 1.90. The highest BCUT2D eigenvalue weighted by Crippen LogP contribution is 2.14. The monoisotopic (exact) mass is 310 g/mol. The average Bonchev–Trinajstić information content (AvgIpc) is 2.47. The Morgan fingerprint density at radius 3 is 2.48 bits per heavy atom. The number of ether oxygens (including phenoxy) is 2. The van der Waals surface area contributed by atoms with Gasteiger partial charge < -0.3 is 20.1 Å². The van der Waals surface area contributed by atoms with Crippen LogP contribution in [0.3, 0.4) is 0 Å². The third kappa shape index (κ3) is 6.10. The van der Waals surface area contributed by atoms with E-state index in [2.05, 4.69) is 0 Å². The van der Waals surface area contributed by atoms with Crippen molar-refractivity contribution in [1.29, 1.82) is 0 Å². The van der Waals surface area contributed by atoms with Gasteiger partial charge in [0.1, 0.15) is 5.75 Å². The van der Waals surface area contributed by atoms with Gasteiger partial charge in [0.25, 0.3) is 5.91 Å². The van der Waals surface area contributed by atoms with E-state index in [0.717, 1.165) is 5.75 Å². The highest BCUT2D eigenvalue weighted by molar-refractivity contribution is 7.80. The van der Waals surface area contributed by atoms with E-state index in [1.807, 2.05) is 6.92 Å². The maximum Gasteiger partial charge on any atom is 0.253 e. The Morgan fingerprint density at radius 2 is 1.95 bits per heavy atom. The minimum absolute atomic E-state index is 0.0636. The van der Waals surface area contributed by atoms with Crippen LogP contribution in [0.2, 0.25) is 0 Å². The number of rotatable bonds is 9. The normalized spacial score (nSPS) is 10.2. The molecule has 116 valence electrons. The fraction of sp³-hybridized carbons (Fsp3) is 0.467. The molecule has 1 aromatic rings. The van der Waals surface area contributed by atoms with Crippen molar-refractivity contribution in [3.05, 3.63) is 29.8 Å². The molecule has 0 unspecified atom stereocenters. The molecule has 2 N–H and O–H groups in total. The molecule has 1 aromatic carbocycles. The molecule has 0 fully saturated rings. The molecule has 0 spiro atoms. The summed E-state index contributed by atoms with van der Waals surface area (Å²) in [4.78, 5) is 14.6. The molecule has 0 radical (unpaired) electrons. The van der Waals surface area contributed by atoms with Crippen LogP contribution in [0, 0.1) is 0 Å². The number of benzene rings is 1. The molecular formula is C15H22N2O3S. The van der Waals surface area contributed by atoms with Gasteiger partial charge in [0.15, 0.2) is 0 Å². The largest absolute Gasteiger partial charge is 0.494 e. The molecule has 1 amide bonds. The second kappa shape index (κ2) is 9.31. The molecule has 0 aliphatic heterocycles. The van der Waals surface area contributed by atoms with Crippen LogP contribution < -0.4 is 10.5 Å². The van der Waals surface area contributed by atoms with Gasteiger partial charge in [-0.3, -0.25) is 4.79 Å². The van der Waals surface area contributed by atoms with E-state index in [-0.39, 0.29) is 5.91 Å². The maximum atomic E-state index is 12.5. The van der Waals surface area contributed by atoms with Crippen molar-refractivity contribution in [2.24, 2.45) is 5.73 Å². The van der Waals surface area contributed by atoms with Gasteiger partial charge in [0, 0.05) is 32.2 Å². The van der Waals surface area contributed by atoms with Gasteiger partial charge in [-0.2, -0.15) is 0 Å². The summed E-state index contributed by atoms with van der Waals surface area (Å²) in [6.07, 6.45) is 0.502. The number of nitrogens with zero attached hydrogens (tertiary/aromatic N) is 1. The number of carbonyl (C=O) groups is 1. The van der Waals surface area contributed by atoms with E-state index in [1.165, 1.54) is 0 Å². The summed E-state index contributed by atoms with van der Waals surface area (Å²) in [5.74, 6) is 0.687. The van der Waals surface area contributed by atoms with Crippen LogP contribution in [0.4, 0.5) is 0 Å². The number of hydrogen-bond acceptors (Lipinski definition) is 4. The highest BCUT2D eigenvalue weighted by atomic mass is 32.1. The van der Waals surface area contributed by atoms with Crippen LogP contribution in [0.1, 0.15) is 23.7 Å². The van der Waals surface area contributed by atoms with Crippen LogP contribution >= 0.6 is 12.2 Å². The van der Waals surface area contributed by atoms with Gasteiger partial charge in [-0.1, -0.05) is 12.2 Å². The van der Waals surface area contributed by atoms with Gasteiger partial charge in [0.05, 0.1) is 18.2 Å². The summed E-state index contributed by atoms with van der Waals surface area (Å²) in [5, 5.41) is 0. The second-order valence-corrected chi connectivity index (χ2v) is 4.98. The summed E-state index contributed by atoms with van der Waals surface area (Å²) in [6.45, 7) is 3.98. The first-order valence-corrected chi connectivity index (χ1v) is 7.28. The molecule has 0 saturated heterocycles. The zero-order chi connectivity index (χ0) is 15.7. The SMILES string of the molecule is CCOc1ccc(C(=O)N(CCOC)CCC(N)=S)cc1. The van der Waals surface area contributed by atoms with Crippen LogP contribution in [-0.4, -0.2) is 49.2 Å². The topological polar surface area (TPSA) is 64.8 Å². The zero-order valence-electron chi connectivity index (χ0n) is 12.5. The van der Waals surface area contributed by atoms with Crippen molar-refractivity contribution in [3.8, 4) is 5.75 Å². The first kappa shape index (κ1) is 17.4. The highest BCUT2D eigenvalue weighted by Gasteiger charge is 2.15. The minimum Gasteiger partial charge on any atom is -0.494 e. The van der Waals surface area contributed by atoms with Crippen LogP contribution in [0.5, 0.6) is 5.75 Å². The quantitative estimate of drug-likeness (QED) is 0.705. The molecular weight excluding hydrogens is 288 g/mol. The molecule has 5 nitrogen and oxygen atoms in total. The predicted molar refractivity (Wildman–Crippen MR) is 86.8 cm³/mol. The third-order valence-corrected chi connectivity index (χ3v) is 3.10. The molecule has 0 saturated carbocycles. The maximum absolute atomic E-state index is 12.5. The Bertz CT molecular complexity index is 462. The first-order chi connectivity index (χ1) is 10.1. The number of amides is 1. The molecule has 0 bridgehead atoms. The Balaban J connectivity index is 2.74. The van der Waals surface area contributed by atoms with Crippen molar-refractivity contribution < 1.29 is 14.3 Å². The van der Waals surface area contributed by atoms with Gasteiger partial charge in [-0.05, 0) is 31.2 Å². The summed E-state index contributed by atoms with van der Waals surface area (Å²) in [5.41, 5.74) is 6.12. The van der Waals surface area contributed by atoms with Gasteiger partial charge in [-0.25, -0.2) is 0 Å². The van der Waals surface area contributed by atoms with Crippen molar-refractivity contribution in [2.75, 3.05) is 33.4 Å². The lowest BCUT2D eigenvalue weighted by Gasteiger charge is -2.22. The molecule has 1 rings (SSSR count).